The van der Waals surface area contributed by atoms with E-state index in [2.05, 4.69) is 20.7 Å². The lowest BCUT2D eigenvalue weighted by Gasteiger charge is -2.40. The van der Waals surface area contributed by atoms with E-state index in [9.17, 15) is 18.0 Å². The molecule has 3 rings (SSSR count). The summed E-state index contributed by atoms with van der Waals surface area (Å²) in [5.74, 6) is -0.425. The third-order valence-electron chi connectivity index (χ3n) is 3.43. The first-order chi connectivity index (χ1) is 9.89. The number of carbonyl (C=O) groups excluding carboxylic acids is 2. The van der Waals surface area contributed by atoms with Crippen molar-refractivity contribution < 1.29 is 22.7 Å². The van der Waals surface area contributed by atoms with Crippen LogP contribution in [0.15, 0.2) is 33.6 Å². The van der Waals surface area contributed by atoms with Crippen LogP contribution in [0.4, 0.5) is 4.79 Å². The van der Waals surface area contributed by atoms with Gasteiger partial charge in [0.2, 0.25) is 10.0 Å². The molecule has 0 radical (unpaired) electrons. The van der Waals surface area contributed by atoms with Crippen molar-refractivity contribution in [2.45, 2.75) is 10.9 Å². The van der Waals surface area contributed by atoms with Crippen molar-refractivity contribution in [2.24, 2.45) is 0 Å². The Labute approximate surface area is 129 Å². The third-order valence-corrected chi connectivity index (χ3v) is 5.80. The molecule has 0 spiro atoms. The summed E-state index contributed by atoms with van der Waals surface area (Å²) in [7, 11) is -3.59. The Morgan fingerprint density at radius 1 is 1.14 bits per heavy atom. The third kappa shape index (κ3) is 2.45. The van der Waals surface area contributed by atoms with Gasteiger partial charge in [-0.2, -0.15) is 4.31 Å². The molecule has 21 heavy (non-hydrogen) atoms. The average Bonchev–Trinajstić information content (AvgIpc) is 2.69. The zero-order chi connectivity index (χ0) is 15.2. The Morgan fingerprint density at radius 2 is 1.76 bits per heavy atom. The van der Waals surface area contributed by atoms with E-state index >= 15 is 0 Å². The van der Waals surface area contributed by atoms with Crippen LogP contribution in [0.3, 0.4) is 0 Å². The molecule has 0 unspecified atom stereocenters. The number of benzene rings is 1. The Bertz CT molecular complexity index is 681. The number of sulfonamides is 1. The molecule has 2 amide bonds. The minimum Gasteiger partial charge on any atom is -0.439 e. The van der Waals surface area contributed by atoms with Gasteiger partial charge in [-0.25, -0.2) is 18.1 Å². The van der Waals surface area contributed by atoms with E-state index in [1.54, 1.807) is 12.1 Å². The molecule has 0 atom stereocenters. The van der Waals surface area contributed by atoms with Crippen LogP contribution in [0, 0.1) is 0 Å². The molecule has 9 heteroatoms. The number of hydrogen-bond acceptors (Lipinski definition) is 5. The van der Waals surface area contributed by atoms with Crippen molar-refractivity contribution >= 4 is 38.0 Å². The maximum absolute atomic E-state index is 12.3. The highest BCUT2D eigenvalue weighted by Crippen LogP contribution is 2.26. The molecule has 0 aliphatic carbocycles. The van der Waals surface area contributed by atoms with Gasteiger partial charge < -0.3 is 4.74 Å². The average molecular weight is 375 g/mol. The standard InChI is InChI=1S/C12H11BrN2O5S/c13-8-1-3-10(4-2-8)21(18,19)14-5-9(6-14)15-11(16)7-20-12(15)17/h1-4,9H,5-7H2. The monoisotopic (exact) mass is 374 g/mol. The number of halogens is 1. The highest BCUT2D eigenvalue weighted by Gasteiger charge is 2.46. The molecule has 2 saturated heterocycles. The van der Waals surface area contributed by atoms with Crippen molar-refractivity contribution in [3.8, 4) is 0 Å². The van der Waals surface area contributed by atoms with Crippen LogP contribution < -0.4 is 0 Å². The van der Waals surface area contributed by atoms with Gasteiger partial charge in [-0.15, -0.1) is 0 Å². The molecule has 2 fully saturated rings. The Hall–Kier alpha value is -1.45. The van der Waals surface area contributed by atoms with Gasteiger partial charge >= 0.3 is 6.09 Å². The summed E-state index contributed by atoms with van der Waals surface area (Å²) in [6.07, 6.45) is -0.703. The molecule has 2 heterocycles. The number of imide groups is 1. The topological polar surface area (TPSA) is 84.0 Å². The van der Waals surface area contributed by atoms with Crippen molar-refractivity contribution in [1.29, 1.82) is 0 Å². The largest absolute Gasteiger partial charge is 0.439 e. The van der Waals surface area contributed by atoms with Gasteiger partial charge in [0.15, 0.2) is 6.61 Å². The van der Waals surface area contributed by atoms with Crippen molar-refractivity contribution in [2.75, 3.05) is 19.7 Å². The van der Waals surface area contributed by atoms with Gasteiger partial charge in [0.1, 0.15) is 0 Å². The van der Waals surface area contributed by atoms with E-state index in [-0.39, 0.29) is 24.6 Å². The van der Waals surface area contributed by atoms with Gasteiger partial charge in [-0.05, 0) is 24.3 Å². The molecule has 0 bridgehead atoms. The highest BCUT2D eigenvalue weighted by molar-refractivity contribution is 9.10. The van der Waals surface area contributed by atoms with E-state index in [4.69, 9.17) is 0 Å². The van der Waals surface area contributed by atoms with Crippen LogP contribution >= 0.6 is 15.9 Å². The number of carbonyl (C=O) groups is 2. The summed E-state index contributed by atoms with van der Waals surface area (Å²) in [5.41, 5.74) is 0. The number of amides is 2. The van der Waals surface area contributed by atoms with Gasteiger partial charge in [0, 0.05) is 17.6 Å². The molecular formula is C12H11BrN2O5S. The number of hydrogen-bond donors (Lipinski definition) is 0. The second kappa shape index (κ2) is 5.08. The zero-order valence-electron chi connectivity index (χ0n) is 10.7. The number of ether oxygens (including phenoxy) is 1. The maximum atomic E-state index is 12.3. The fourth-order valence-electron chi connectivity index (χ4n) is 2.25. The lowest BCUT2D eigenvalue weighted by Crippen LogP contribution is -2.62. The summed E-state index contributed by atoms with van der Waals surface area (Å²) in [6, 6.07) is 5.85. The fraction of sp³-hybridized carbons (Fsp3) is 0.333. The molecule has 0 saturated carbocycles. The molecule has 7 nitrogen and oxygen atoms in total. The quantitative estimate of drug-likeness (QED) is 0.781. The van der Waals surface area contributed by atoms with Crippen LogP contribution in [0.2, 0.25) is 0 Å². The Balaban J connectivity index is 1.72. The predicted molar refractivity (Wildman–Crippen MR) is 74.9 cm³/mol. The number of nitrogens with zero attached hydrogens (tertiary/aromatic N) is 2. The highest BCUT2D eigenvalue weighted by atomic mass is 79.9. The molecule has 2 aliphatic rings. The first-order valence-electron chi connectivity index (χ1n) is 6.14. The van der Waals surface area contributed by atoms with Crippen LogP contribution in [0.1, 0.15) is 0 Å². The molecular weight excluding hydrogens is 364 g/mol. The number of cyclic esters (lactones) is 1. The van der Waals surface area contributed by atoms with E-state index in [1.807, 2.05) is 0 Å². The van der Waals surface area contributed by atoms with Crippen molar-refractivity contribution in [3.05, 3.63) is 28.7 Å². The van der Waals surface area contributed by atoms with E-state index < -0.39 is 28.1 Å². The van der Waals surface area contributed by atoms with Gasteiger partial charge in [0.25, 0.3) is 5.91 Å². The van der Waals surface area contributed by atoms with Crippen molar-refractivity contribution in [3.63, 3.8) is 0 Å². The van der Waals surface area contributed by atoms with Gasteiger partial charge in [0.05, 0.1) is 10.9 Å². The maximum Gasteiger partial charge on any atom is 0.417 e. The second-order valence-electron chi connectivity index (χ2n) is 4.75. The van der Waals surface area contributed by atoms with E-state index in [0.29, 0.717) is 0 Å². The SMILES string of the molecule is O=C1COC(=O)N1C1CN(S(=O)(=O)c2ccc(Br)cc2)C1. The first-order valence-corrected chi connectivity index (χ1v) is 8.37. The zero-order valence-corrected chi connectivity index (χ0v) is 13.1. The minimum atomic E-state index is -3.59. The predicted octanol–water partition coefficient (Wildman–Crippen LogP) is 0.801. The van der Waals surface area contributed by atoms with Crippen LogP contribution in [0.25, 0.3) is 0 Å². The van der Waals surface area contributed by atoms with E-state index in [1.165, 1.54) is 16.4 Å². The lowest BCUT2D eigenvalue weighted by molar-refractivity contribution is -0.128. The molecule has 1 aromatic rings. The smallest absolute Gasteiger partial charge is 0.417 e. The van der Waals surface area contributed by atoms with Crippen LogP contribution in [0.5, 0.6) is 0 Å². The van der Waals surface area contributed by atoms with Gasteiger partial charge in [-0.3, -0.25) is 4.79 Å². The summed E-state index contributed by atoms with van der Waals surface area (Å²) >= 11 is 3.24. The molecule has 2 aliphatic heterocycles. The normalized spacial score (nSPS) is 20.5. The minimum absolute atomic E-state index is 0.0965. The van der Waals surface area contributed by atoms with Crippen LogP contribution in [-0.4, -0.2) is 55.4 Å². The molecule has 0 N–H and O–H groups in total. The Kier molecular flexibility index (Phi) is 3.50. The second-order valence-corrected chi connectivity index (χ2v) is 7.60. The van der Waals surface area contributed by atoms with Crippen LogP contribution in [-0.2, 0) is 19.6 Å². The lowest BCUT2D eigenvalue weighted by atomic mass is 10.1. The summed E-state index contributed by atoms with van der Waals surface area (Å²) in [4.78, 5) is 24.1. The number of rotatable bonds is 3. The molecule has 112 valence electrons. The van der Waals surface area contributed by atoms with Gasteiger partial charge in [-0.1, -0.05) is 15.9 Å². The summed E-state index contributed by atoms with van der Waals surface area (Å²) < 4.78 is 31.3. The summed E-state index contributed by atoms with van der Waals surface area (Å²) in [6.45, 7) is -0.0761. The first kappa shape index (κ1) is 14.5. The molecule has 0 aromatic heterocycles. The fourth-order valence-corrected chi connectivity index (χ4v) is 4.03. The van der Waals surface area contributed by atoms with Crippen molar-refractivity contribution in [1.82, 2.24) is 9.21 Å². The van der Waals surface area contributed by atoms with E-state index in [0.717, 1.165) is 9.37 Å². The molecule has 1 aromatic carbocycles. The Morgan fingerprint density at radius 3 is 2.29 bits per heavy atom. The summed E-state index contributed by atoms with van der Waals surface area (Å²) in [5, 5.41) is 0.